The molecule has 0 N–H and O–H groups in total. The van der Waals surface area contributed by atoms with Crippen LogP contribution in [0.2, 0.25) is 0 Å². The van der Waals surface area contributed by atoms with Gasteiger partial charge in [-0.15, -0.1) is 0 Å². The number of aryl methyl sites for hydroxylation is 1. The minimum Gasteiger partial charge on any atom is -0.334 e. The molecule has 0 spiro atoms. The summed E-state index contributed by atoms with van der Waals surface area (Å²) in [7, 11) is 1.94. The second kappa shape index (κ2) is 4.61. The van der Waals surface area contributed by atoms with Crippen LogP contribution in [0.1, 0.15) is 10.4 Å². The van der Waals surface area contributed by atoms with E-state index in [1.165, 1.54) is 0 Å². The molecule has 0 bridgehead atoms. The van der Waals surface area contributed by atoms with Gasteiger partial charge in [-0.25, -0.2) is 4.98 Å². The lowest BCUT2D eigenvalue weighted by molar-refractivity contribution is 0.102. The first-order valence-corrected chi connectivity index (χ1v) is 6.01. The van der Waals surface area contributed by atoms with E-state index < -0.39 is 0 Å². The van der Waals surface area contributed by atoms with Crippen LogP contribution in [-0.4, -0.2) is 20.7 Å². The highest BCUT2D eigenvalue weighted by atomic mass is 79.9. The van der Waals surface area contributed by atoms with Gasteiger partial charge in [-0.1, -0.05) is 40.2 Å². The van der Waals surface area contributed by atoms with Crippen LogP contribution in [0.25, 0.3) is 11.4 Å². The Morgan fingerprint density at radius 3 is 2.56 bits per heavy atom. The monoisotopic (exact) mass is 278 g/mol. The van der Waals surface area contributed by atoms with Gasteiger partial charge >= 0.3 is 0 Å². The number of aromatic nitrogens is 2. The van der Waals surface area contributed by atoms with Crippen molar-refractivity contribution in [1.82, 2.24) is 9.55 Å². The van der Waals surface area contributed by atoms with Crippen LogP contribution >= 0.6 is 15.9 Å². The van der Waals surface area contributed by atoms with Gasteiger partial charge in [0.05, 0.1) is 5.33 Å². The number of nitrogens with zero attached hydrogens (tertiary/aromatic N) is 2. The average Bonchev–Trinajstić information content (AvgIpc) is 2.75. The number of hydrogen-bond donors (Lipinski definition) is 0. The third kappa shape index (κ3) is 2.07. The van der Waals surface area contributed by atoms with E-state index in [2.05, 4.69) is 20.9 Å². The largest absolute Gasteiger partial charge is 0.334 e. The molecule has 0 saturated carbocycles. The third-order valence-electron chi connectivity index (χ3n) is 2.41. The zero-order valence-electron chi connectivity index (χ0n) is 8.85. The molecule has 2 aromatic rings. The number of hydrogen-bond acceptors (Lipinski definition) is 2. The second-order valence-electron chi connectivity index (χ2n) is 3.50. The summed E-state index contributed by atoms with van der Waals surface area (Å²) in [5.41, 5.74) is 1.73. The van der Waals surface area contributed by atoms with E-state index in [0.29, 0.717) is 5.33 Å². The maximum atomic E-state index is 11.4. The van der Waals surface area contributed by atoms with Gasteiger partial charge in [-0.05, 0) is 0 Å². The topological polar surface area (TPSA) is 34.9 Å². The van der Waals surface area contributed by atoms with Crippen molar-refractivity contribution < 1.29 is 4.79 Å². The maximum absolute atomic E-state index is 11.4. The summed E-state index contributed by atoms with van der Waals surface area (Å²) in [6.07, 6.45) is 3.65. The Balaban J connectivity index is 2.33. The lowest BCUT2D eigenvalue weighted by Crippen LogP contribution is -1.99. The summed E-state index contributed by atoms with van der Waals surface area (Å²) in [5.74, 6) is 0.990. The fourth-order valence-corrected chi connectivity index (χ4v) is 1.85. The number of imidazole rings is 1. The Bertz CT molecular complexity index is 502. The highest BCUT2D eigenvalue weighted by Crippen LogP contribution is 2.17. The molecule has 0 aliphatic carbocycles. The molecular weight excluding hydrogens is 268 g/mol. The Morgan fingerprint density at radius 2 is 2.06 bits per heavy atom. The smallest absolute Gasteiger partial charge is 0.173 e. The van der Waals surface area contributed by atoms with E-state index in [4.69, 9.17) is 0 Å². The lowest BCUT2D eigenvalue weighted by Gasteiger charge is -2.02. The molecule has 4 heteroatoms. The summed E-state index contributed by atoms with van der Waals surface area (Å²) >= 11 is 3.15. The number of halogens is 1. The molecule has 0 saturated heterocycles. The minimum atomic E-state index is 0.0893. The van der Waals surface area contributed by atoms with Gasteiger partial charge in [0.25, 0.3) is 0 Å². The van der Waals surface area contributed by atoms with Crippen LogP contribution in [0.15, 0.2) is 36.7 Å². The SMILES string of the molecule is Cn1ccnc1-c1ccc(C(=O)CBr)cc1. The van der Waals surface area contributed by atoms with Crippen molar-refractivity contribution in [3.05, 3.63) is 42.2 Å². The van der Waals surface area contributed by atoms with Crippen molar-refractivity contribution in [2.45, 2.75) is 0 Å². The van der Waals surface area contributed by atoms with Crippen molar-refractivity contribution in [3.63, 3.8) is 0 Å². The van der Waals surface area contributed by atoms with Crippen molar-refractivity contribution in [2.24, 2.45) is 7.05 Å². The Hall–Kier alpha value is -1.42. The third-order valence-corrected chi connectivity index (χ3v) is 2.92. The van der Waals surface area contributed by atoms with Crippen molar-refractivity contribution >= 4 is 21.7 Å². The molecule has 1 aromatic heterocycles. The average molecular weight is 279 g/mol. The van der Waals surface area contributed by atoms with Crippen LogP contribution in [0.5, 0.6) is 0 Å². The van der Waals surface area contributed by atoms with Gasteiger partial charge < -0.3 is 4.57 Å². The standard InChI is InChI=1S/C12H11BrN2O/c1-15-7-6-14-12(15)10-4-2-9(3-5-10)11(16)8-13/h2-7H,8H2,1H3. The first-order chi connectivity index (χ1) is 7.72. The van der Waals surface area contributed by atoms with E-state index in [1.807, 2.05) is 42.1 Å². The first-order valence-electron chi connectivity index (χ1n) is 4.89. The van der Waals surface area contributed by atoms with Crippen LogP contribution in [0, 0.1) is 0 Å². The minimum absolute atomic E-state index is 0.0893. The number of benzene rings is 1. The highest BCUT2D eigenvalue weighted by Gasteiger charge is 2.06. The van der Waals surface area contributed by atoms with Crippen molar-refractivity contribution in [3.8, 4) is 11.4 Å². The molecule has 1 aromatic carbocycles. The molecule has 0 atom stereocenters. The maximum Gasteiger partial charge on any atom is 0.173 e. The van der Waals surface area contributed by atoms with E-state index >= 15 is 0 Å². The van der Waals surface area contributed by atoms with E-state index in [-0.39, 0.29) is 5.78 Å². The van der Waals surface area contributed by atoms with Crippen molar-refractivity contribution in [2.75, 3.05) is 5.33 Å². The zero-order chi connectivity index (χ0) is 11.5. The normalized spacial score (nSPS) is 10.4. The predicted octanol–water partition coefficient (Wildman–Crippen LogP) is 2.66. The molecule has 1 heterocycles. The fraction of sp³-hybridized carbons (Fsp3) is 0.167. The van der Waals surface area contributed by atoms with E-state index in [1.54, 1.807) is 6.20 Å². The van der Waals surface area contributed by atoms with Crippen LogP contribution in [-0.2, 0) is 7.05 Å². The fourth-order valence-electron chi connectivity index (χ4n) is 1.53. The van der Waals surface area contributed by atoms with Gasteiger partial charge in [-0.2, -0.15) is 0 Å². The molecule has 0 fully saturated rings. The van der Waals surface area contributed by atoms with Gasteiger partial charge in [0.1, 0.15) is 5.82 Å². The number of rotatable bonds is 3. The molecule has 0 unspecified atom stereocenters. The molecule has 3 nitrogen and oxygen atoms in total. The summed E-state index contributed by atoms with van der Waals surface area (Å²) in [5, 5.41) is 0.356. The Labute approximate surface area is 102 Å². The first kappa shape index (κ1) is 11.1. The van der Waals surface area contributed by atoms with Gasteiger partial charge in [0.15, 0.2) is 5.78 Å². The summed E-state index contributed by atoms with van der Waals surface area (Å²) in [6, 6.07) is 7.48. The van der Waals surface area contributed by atoms with Gasteiger partial charge in [0, 0.05) is 30.6 Å². The molecule has 0 aliphatic rings. The van der Waals surface area contributed by atoms with Gasteiger partial charge in [0.2, 0.25) is 0 Å². The molecule has 0 radical (unpaired) electrons. The summed E-state index contributed by atoms with van der Waals surface area (Å²) < 4.78 is 1.95. The van der Waals surface area contributed by atoms with E-state index in [0.717, 1.165) is 17.0 Å². The molecule has 0 amide bonds. The van der Waals surface area contributed by atoms with Crippen LogP contribution < -0.4 is 0 Å². The number of Topliss-reactive ketones (excluding diaryl/α,β-unsaturated/α-hetero) is 1. The molecular formula is C12H11BrN2O. The number of alkyl halides is 1. The lowest BCUT2D eigenvalue weighted by atomic mass is 10.1. The molecule has 0 aliphatic heterocycles. The number of carbonyl (C=O) groups excluding carboxylic acids is 1. The molecule has 16 heavy (non-hydrogen) atoms. The van der Waals surface area contributed by atoms with Crippen LogP contribution in [0.4, 0.5) is 0 Å². The van der Waals surface area contributed by atoms with E-state index in [9.17, 15) is 4.79 Å². The van der Waals surface area contributed by atoms with Gasteiger partial charge in [-0.3, -0.25) is 4.79 Å². The zero-order valence-corrected chi connectivity index (χ0v) is 10.4. The summed E-state index contributed by atoms with van der Waals surface area (Å²) in [6.45, 7) is 0. The summed E-state index contributed by atoms with van der Waals surface area (Å²) in [4.78, 5) is 15.7. The Morgan fingerprint density at radius 1 is 1.38 bits per heavy atom. The van der Waals surface area contributed by atoms with Crippen LogP contribution in [0.3, 0.4) is 0 Å². The molecule has 2 rings (SSSR count). The quantitative estimate of drug-likeness (QED) is 0.639. The Kier molecular flexibility index (Phi) is 3.19. The number of carbonyl (C=O) groups is 1. The van der Waals surface area contributed by atoms with Crippen molar-refractivity contribution in [1.29, 1.82) is 0 Å². The highest BCUT2D eigenvalue weighted by molar-refractivity contribution is 9.09. The number of ketones is 1. The predicted molar refractivity (Wildman–Crippen MR) is 66.8 cm³/mol. The molecule has 82 valence electrons. The second-order valence-corrected chi connectivity index (χ2v) is 4.06.